The van der Waals surface area contributed by atoms with E-state index in [1.54, 1.807) is 30.6 Å². The molecule has 5 rings (SSSR count). The fourth-order valence-corrected chi connectivity index (χ4v) is 7.32. The summed E-state index contributed by atoms with van der Waals surface area (Å²) in [6, 6.07) is 12.7. The van der Waals surface area contributed by atoms with E-state index in [1.165, 1.54) is 0 Å². The number of benzene rings is 1. The van der Waals surface area contributed by atoms with Crippen molar-refractivity contribution in [3.63, 3.8) is 0 Å². The fourth-order valence-electron chi connectivity index (χ4n) is 7.32. The molecule has 9 heteroatoms. The Bertz CT molecular complexity index is 1470. The molecular weight excluding hydrogens is 594 g/mol. The van der Waals surface area contributed by atoms with Gasteiger partial charge in [0, 0.05) is 30.4 Å². The molecule has 2 aliphatic rings. The van der Waals surface area contributed by atoms with Gasteiger partial charge in [0.1, 0.15) is 18.0 Å². The molecule has 0 saturated heterocycles. The monoisotopic (exact) mass is 644 g/mol. The molecule has 2 aromatic heterocycles. The number of hydrogen-bond acceptors (Lipinski definition) is 8. The van der Waals surface area contributed by atoms with Crippen molar-refractivity contribution in [1.82, 2.24) is 9.97 Å². The summed E-state index contributed by atoms with van der Waals surface area (Å²) in [6.07, 6.45) is 6.64. The van der Waals surface area contributed by atoms with Crippen molar-refractivity contribution in [2.45, 2.75) is 114 Å². The largest absolute Gasteiger partial charge is 0.668 e. The van der Waals surface area contributed by atoms with Crippen molar-refractivity contribution in [2.75, 3.05) is 5.73 Å². The van der Waals surface area contributed by atoms with Crippen LogP contribution in [0.25, 0.3) is 0 Å². The molecule has 0 aliphatic heterocycles. The van der Waals surface area contributed by atoms with Gasteiger partial charge in [-0.2, -0.15) is 11.9 Å². The number of aliphatic hydroxyl groups excluding tert-OH is 4. The molecule has 1 aromatic carbocycles. The molecule has 2 aliphatic carbocycles. The molecule has 2 heterocycles. The average Bonchev–Trinajstić information content (AvgIpc) is 3.59. The molecule has 9 atom stereocenters. The lowest BCUT2D eigenvalue weighted by Crippen LogP contribution is -2.51. The number of rotatable bonds is 11. The number of phenolic OH excluding ortho intramolecular Hbond substituents is 1. The maximum atomic E-state index is 11.3. The molecule has 0 bridgehead atoms. The molecule has 9 nitrogen and oxygen atoms in total. The summed E-state index contributed by atoms with van der Waals surface area (Å²) in [5.74, 6) is 6.75. The van der Waals surface area contributed by atoms with Crippen LogP contribution in [0.1, 0.15) is 87.4 Å². The number of aromatic hydroxyl groups is 1. The minimum atomic E-state index is -1.18. The van der Waals surface area contributed by atoms with Gasteiger partial charge in [0.15, 0.2) is 11.5 Å². The molecule has 0 radical (unpaired) electrons. The van der Waals surface area contributed by atoms with Gasteiger partial charge < -0.3 is 41.0 Å². The molecule has 47 heavy (non-hydrogen) atoms. The van der Waals surface area contributed by atoms with Crippen molar-refractivity contribution in [3.8, 4) is 23.3 Å². The Morgan fingerprint density at radius 2 is 1.85 bits per heavy atom. The van der Waals surface area contributed by atoms with Crippen molar-refractivity contribution in [3.05, 3.63) is 71.7 Å². The number of nitrogens with zero attached hydrogens (tertiary/aromatic N) is 2. The minimum absolute atomic E-state index is 0.0776. The quantitative estimate of drug-likeness (QED) is 0.165. The smallest absolute Gasteiger partial charge is 0.161 e. The number of anilines is 1. The van der Waals surface area contributed by atoms with Crippen LogP contribution in [0, 0.1) is 29.6 Å². The minimum Gasteiger partial charge on any atom is -0.668 e. The Hall–Kier alpha value is -3.55. The van der Waals surface area contributed by atoms with Gasteiger partial charge in [-0.15, -0.1) is 5.92 Å². The molecule has 254 valence electrons. The van der Waals surface area contributed by atoms with Gasteiger partial charge in [-0.3, -0.25) is 0 Å². The van der Waals surface area contributed by atoms with Crippen LogP contribution in [-0.2, 0) is 12.8 Å². The van der Waals surface area contributed by atoms with E-state index in [0.717, 1.165) is 42.5 Å². The predicted octanol–water partition coefficient (Wildman–Crippen LogP) is 4.50. The lowest BCUT2D eigenvalue weighted by molar-refractivity contribution is -0.104. The van der Waals surface area contributed by atoms with Crippen molar-refractivity contribution >= 4 is 5.82 Å². The Morgan fingerprint density at radius 1 is 1.02 bits per heavy atom. The maximum Gasteiger partial charge on any atom is 0.161 e. The lowest BCUT2D eigenvalue weighted by atomic mass is 9.71. The molecule has 1 saturated carbocycles. The maximum absolute atomic E-state index is 11.3. The summed E-state index contributed by atoms with van der Waals surface area (Å²) in [7, 11) is 0. The van der Waals surface area contributed by atoms with Crippen molar-refractivity contribution < 1.29 is 30.3 Å². The molecule has 1 fully saturated rings. The van der Waals surface area contributed by atoms with Crippen LogP contribution in [0.5, 0.6) is 11.5 Å². The summed E-state index contributed by atoms with van der Waals surface area (Å²) in [6.45, 7) is 2.15. The zero-order valence-corrected chi connectivity index (χ0v) is 27.3. The first-order valence-electron chi connectivity index (χ1n) is 17.2. The third-order valence-corrected chi connectivity index (χ3v) is 10.2. The second-order valence-electron chi connectivity index (χ2n) is 13.4. The molecular formula is C38H50N3O6-. The van der Waals surface area contributed by atoms with Gasteiger partial charge in [-0.1, -0.05) is 43.9 Å². The zero-order chi connectivity index (χ0) is 33.3. The standard InChI is InChI=1S/C38H50N3O6/c1-2-24-7-3-4-11-31(42)29(10-5-8-24)32(43)15-12-25-13-16-33(44)35(21-25)47-38-28(14-17-34(45)37(38)46)30(23-27-9-6-19-40-27)26-18-20-41-36(39)22-26/h6,9,13,16,18-22,24,28-32,34,37-38,42-46H,2-4,7,10-12,14-15,17,23H2,1H3,(H2,39,41)/q-1. The number of hydrogen-bond donors (Lipinski definition) is 6. The Kier molecular flexibility index (Phi) is 12.2. The van der Waals surface area contributed by atoms with Crippen LogP contribution in [0.2, 0.25) is 0 Å². The van der Waals surface area contributed by atoms with Crippen LogP contribution in [0.4, 0.5) is 5.82 Å². The SMILES string of the molecule is CCC1C#CCC(C(O)CCc2ccc(O)c(OC3C(O)C(O)CCC3C(Cc3ccc[n-]3)c3ccnc(N)c3)c2)C(O)CCCC1. The lowest BCUT2D eigenvalue weighted by Gasteiger charge is -2.42. The van der Waals surface area contributed by atoms with Gasteiger partial charge in [0.2, 0.25) is 0 Å². The number of aliphatic hydroxyl groups is 4. The van der Waals surface area contributed by atoms with Gasteiger partial charge in [0.05, 0.1) is 18.3 Å². The van der Waals surface area contributed by atoms with Gasteiger partial charge >= 0.3 is 0 Å². The summed E-state index contributed by atoms with van der Waals surface area (Å²) in [5.41, 5.74) is 8.74. The summed E-state index contributed by atoms with van der Waals surface area (Å²) in [4.78, 5) is 8.64. The summed E-state index contributed by atoms with van der Waals surface area (Å²) in [5, 5.41) is 55.0. The molecule has 0 spiro atoms. The zero-order valence-electron chi connectivity index (χ0n) is 27.3. The normalized spacial score (nSPS) is 28.1. The van der Waals surface area contributed by atoms with Crippen LogP contribution in [-0.4, -0.2) is 61.0 Å². The van der Waals surface area contributed by atoms with E-state index in [9.17, 15) is 25.5 Å². The van der Waals surface area contributed by atoms with E-state index in [0.29, 0.717) is 56.7 Å². The second-order valence-corrected chi connectivity index (χ2v) is 13.4. The number of nitrogen functional groups attached to an aromatic ring is 1. The average molecular weight is 645 g/mol. The number of nitrogens with two attached hydrogens (primary N) is 1. The molecule has 9 unspecified atom stereocenters. The van der Waals surface area contributed by atoms with E-state index >= 15 is 0 Å². The number of aromatic nitrogens is 2. The fraction of sp³-hybridized carbons (Fsp3) is 0.553. The highest BCUT2D eigenvalue weighted by Gasteiger charge is 2.43. The third kappa shape index (κ3) is 9.08. The van der Waals surface area contributed by atoms with Crippen molar-refractivity contribution in [1.29, 1.82) is 0 Å². The van der Waals surface area contributed by atoms with Crippen molar-refractivity contribution in [2.24, 2.45) is 17.8 Å². The number of phenols is 1. The summed E-state index contributed by atoms with van der Waals surface area (Å²) < 4.78 is 6.44. The molecule has 0 amide bonds. The van der Waals surface area contributed by atoms with E-state index in [4.69, 9.17) is 10.5 Å². The summed E-state index contributed by atoms with van der Waals surface area (Å²) >= 11 is 0. The van der Waals surface area contributed by atoms with Crippen LogP contribution >= 0.6 is 0 Å². The number of ether oxygens (including phenoxy) is 1. The second kappa shape index (κ2) is 16.5. The van der Waals surface area contributed by atoms with E-state index in [1.807, 2.05) is 24.3 Å². The first kappa shape index (κ1) is 34.8. The highest BCUT2D eigenvalue weighted by Crippen LogP contribution is 2.42. The Balaban J connectivity index is 1.34. The highest BCUT2D eigenvalue weighted by molar-refractivity contribution is 5.42. The van der Waals surface area contributed by atoms with Crippen LogP contribution in [0.3, 0.4) is 0 Å². The number of aryl methyl sites for hydroxylation is 1. The van der Waals surface area contributed by atoms with Crippen LogP contribution < -0.4 is 15.5 Å². The molecule has 3 aromatic rings. The third-order valence-electron chi connectivity index (χ3n) is 10.2. The highest BCUT2D eigenvalue weighted by atomic mass is 16.5. The first-order valence-corrected chi connectivity index (χ1v) is 17.2. The van der Waals surface area contributed by atoms with Gasteiger partial charge in [-0.05, 0) is 92.7 Å². The van der Waals surface area contributed by atoms with Gasteiger partial charge in [-0.25, -0.2) is 4.98 Å². The topological polar surface area (TPSA) is 163 Å². The van der Waals surface area contributed by atoms with E-state index < -0.39 is 30.5 Å². The number of pyridine rings is 1. The van der Waals surface area contributed by atoms with E-state index in [2.05, 4.69) is 28.7 Å². The van der Waals surface area contributed by atoms with Gasteiger partial charge in [0.25, 0.3) is 0 Å². The first-order chi connectivity index (χ1) is 22.7. The van der Waals surface area contributed by atoms with E-state index in [-0.39, 0.29) is 29.3 Å². The molecule has 7 N–H and O–H groups in total. The Morgan fingerprint density at radius 3 is 2.62 bits per heavy atom. The van der Waals surface area contributed by atoms with Crippen LogP contribution in [0.15, 0.2) is 54.9 Å². The predicted molar refractivity (Wildman–Crippen MR) is 181 cm³/mol. The Labute approximate surface area is 278 Å².